The van der Waals surface area contributed by atoms with Gasteiger partial charge in [-0.25, -0.2) is 8.42 Å². The molecule has 0 aliphatic rings. The highest BCUT2D eigenvalue weighted by molar-refractivity contribution is 7.92. The molecule has 0 aromatic heterocycles. The number of halogens is 1. The van der Waals surface area contributed by atoms with Crippen LogP contribution in [0.2, 0.25) is 5.02 Å². The Morgan fingerprint density at radius 2 is 1.48 bits per heavy atom. The molecule has 2 N–H and O–H groups in total. The molecule has 0 aliphatic carbocycles. The van der Waals surface area contributed by atoms with Crippen LogP contribution in [0, 0.1) is 20.8 Å². The summed E-state index contributed by atoms with van der Waals surface area (Å²) in [5, 5.41) is 3.34. The average molecular weight is 429 g/mol. The van der Waals surface area contributed by atoms with Crippen molar-refractivity contribution in [1.29, 1.82) is 0 Å². The summed E-state index contributed by atoms with van der Waals surface area (Å²) in [6.45, 7) is 5.56. The summed E-state index contributed by atoms with van der Waals surface area (Å²) in [4.78, 5) is 12.5. The van der Waals surface area contributed by atoms with Gasteiger partial charge < -0.3 is 5.32 Å². The Balaban J connectivity index is 1.80. The minimum absolute atomic E-state index is 0.124. The van der Waals surface area contributed by atoms with Crippen molar-refractivity contribution in [1.82, 2.24) is 0 Å². The number of nitrogens with one attached hydrogen (secondary N) is 2. The molecule has 3 aromatic rings. The monoisotopic (exact) mass is 428 g/mol. The first-order valence-corrected chi connectivity index (χ1v) is 10.8. The number of anilines is 2. The van der Waals surface area contributed by atoms with Gasteiger partial charge in [-0.3, -0.25) is 9.52 Å². The molecule has 150 valence electrons. The summed E-state index contributed by atoms with van der Waals surface area (Å²) < 4.78 is 28.1. The Hall–Kier alpha value is -2.83. The summed E-state index contributed by atoms with van der Waals surface area (Å²) in [7, 11) is -3.75. The second-order valence-electron chi connectivity index (χ2n) is 6.92. The van der Waals surface area contributed by atoms with E-state index in [-0.39, 0.29) is 10.8 Å². The van der Waals surface area contributed by atoms with Crippen LogP contribution < -0.4 is 10.0 Å². The van der Waals surface area contributed by atoms with Gasteiger partial charge in [0.1, 0.15) is 0 Å². The first-order valence-electron chi connectivity index (χ1n) is 8.93. The lowest BCUT2D eigenvalue weighted by Gasteiger charge is -2.13. The van der Waals surface area contributed by atoms with Crippen molar-refractivity contribution in [3.8, 4) is 0 Å². The zero-order valence-corrected chi connectivity index (χ0v) is 17.9. The van der Waals surface area contributed by atoms with Crippen LogP contribution in [0.3, 0.4) is 0 Å². The molecule has 0 atom stereocenters. The fraction of sp³-hybridized carbons (Fsp3) is 0.136. The maximum absolute atomic E-state index is 12.8. The molecule has 0 fully saturated rings. The van der Waals surface area contributed by atoms with Crippen LogP contribution in [0.25, 0.3) is 0 Å². The van der Waals surface area contributed by atoms with Gasteiger partial charge >= 0.3 is 0 Å². The Morgan fingerprint density at radius 1 is 0.862 bits per heavy atom. The standard InChI is InChI=1S/C22H21ClN2O3S/c1-14-10-15(2)12-19(11-14)25-29(27,28)20-8-9-21(16(3)13-20)24-22(26)17-4-6-18(23)7-5-17/h4-13,25H,1-3H3,(H,24,26). The molecule has 0 aliphatic heterocycles. The Labute approximate surface area is 175 Å². The molecule has 0 unspecified atom stereocenters. The fourth-order valence-corrected chi connectivity index (χ4v) is 4.24. The Kier molecular flexibility index (Phi) is 5.96. The molecule has 3 aromatic carbocycles. The van der Waals surface area contributed by atoms with E-state index in [1.165, 1.54) is 12.1 Å². The van der Waals surface area contributed by atoms with E-state index in [0.717, 1.165) is 11.1 Å². The van der Waals surface area contributed by atoms with Crippen LogP contribution in [0.5, 0.6) is 0 Å². The van der Waals surface area contributed by atoms with Crippen molar-refractivity contribution >= 4 is 38.9 Å². The number of hydrogen-bond acceptors (Lipinski definition) is 3. The van der Waals surface area contributed by atoms with Gasteiger partial charge in [0.05, 0.1) is 4.90 Å². The first-order chi connectivity index (χ1) is 13.6. The van der Waals surface area contributed by atoms with Gasteiger partial charge in [-0.1, -0.05) is 17.7 Å². The fourth-order valence-electron chi connectivity index (χ4n) is 2.99. The highest BCUT2D eigenvalue weighted by Crippen LogP contribution is 2.23. The zero-order chi connectivity index (χ0) is 21.2. The van der Waals surface area contributed by atoms with Crippen molar-refractivity contribution in [3.63, 3.8) is 0 Å². The van der Waals surface area contributed by atoms with Crippen LogP contribution in [-0.2, 0) is 10.0 Å². The third-order valence-electron chi connectivity index (χ3n) is 4.34. The lowest BCUT2D eigenvalue weighted by molar-refractivity contribution is 0.102. The number of hydrogen-bond donors (Lipinski definition) is 2. The lowest BCUT2D eigenvalue weighted by Crippen LogP contribution is -2.15. The number of benzene rings is 3. The van der Waals surface area contributed by atoms with Crippen molar-refractivity contribution in [2.24, 2.45) is 0 Å². The smallest absolute Gasteiger partial charge is 0.261 e. The van der Waals surface area contributed by atoms with Crippen LogP contribution >= 0.6 is 11.6 Å². The van der Waals surface area contributed by atoms with Gasteiger partial charge in [-0.2, -0.15) is 0 Å². The molecule has 0 heterocycles. The maximum atomic E-state index is 12.8. The van der Waals surface area contributed by atoms with Crippen molar-refractivity contribution < 1.29 is 13.2 Å². The molecule has 29 heavy (non-hydrogen) atoms. The summed E-state index contributed by atoms with van der Waals surface area (Å²) in [5.41, 5.74) is 4.09. The normalized spacial score (nSPS) is 11.2. The maximum Gasteiger partial charge on any atom is 0.261 e. The molecule has 1 amide bonds. The predicted octanol–water partition coefficient (Wildman–Crippen LogP) is 5.32. The van der Waals surface area contributed by atoms with Crippen molar-refractivity contribution in [2.45, 2.75) is 25.7 Å². The highest BCUT2D eigenvalue weighted by Gasteiger charge is 2.17. The molecule has 0 radical (unpaired) electrons. The number of sulfonamides is 1. The topological polar surface area (TPSA) is 75.3 Å². The van der Waals surface area contributed by atoms with E-state index in [1.54, 1.807) is 49.4 Å². The van der Waals surface area contributed by atoms with Gasteiger partial charge in [0.2, 0.25) is 0 Å². The van der Waals surface area contributed by atoms with Crippen molar-refractivity contribution in [2.75, 3.05) is 10.0 Å². The second-order valence-corrected chi connectivity index (χ2v) is 9.04. The van der Waals surface area contributed by atoms with E-state index in [1.807, 2.05) is 19.9 Å². The number of carbonyl (C=O) groups excluding carboxylic acids is 1. The average Bonchev–Trinajstić information content (AvgIpc) is 2.62. The molecule has 3 rings (SSSR count). The van der Waals surface area contributed by atoms with Gasteiger partial charge in [0, 0.05) is 22.0 Å². The summed E-state index contributed by atoms with van der Waals surface area (Å²) >= 11 is 5.84. The quantitative estimate of drug-likeness (QED) is 0.577. The van der Waals surface area contributed by atoms with Gasteiger partial charge in [0.15, 0.2) is 0 Å². The summed E-state index contributed by atoms with van der Waals surface area (Å²) in [5.74, 6) is -0.297. The predicted molar refractivity (Wildman–Crippen MR) is 117 cm³/mol. The molecular weight excluding hydrogens is 408 g/mol. The summed E-state index contributed by atoms with van der Waals surface area (Å²) in [6.07, 6.45) is 0. The van der Waals surface area contributed by atoms with E-state index in [9.17, 15) is 13.2 Å². The van der Waals surface area contributed by atoms with Gasteiger partial charge in [-0.15, -0.1) is 0 Å². The number of aryl methyl sites for hydroxylation is 3. The largest absolute Gasteiger partial charge is 0.322 e. The highest BCUT2D eigenvalue weighted by atomic mass is 35.5. The number of rotatable bonds is 5. The van der Waals surface area contributed by atoms with Crippen molar-refractivity contribution in [3.05, 3.63) is 87.9 Å². The minimum atomic E-state index is -3.75. The van der Waals surface area contributed by atoms with Crippen LogP contribution in [0.1, 0.15) is 27.0 Å². The first kappa shape index (κ1) is 20.9. The molecule has 0 saturated carbocycles. The number of amides is 1. The lowest BCUT2D eigenvalue weighted by atomic mass is 10.1. The minimum Gasteiger partial charge on any atom is -0.322 e. The van der Waals surface area contributed by atoms with E-state index >= 15 is 0 Å². The molecule has 0 bridgehead atoms. The van der Waals surface area contributed by atoms with Crippen LogP contribution in [0.4, 0.5) is 11.4 Å². The van der Waals surface area contributed by atoms with Crippen LogP contribution in [0.15, 0.2) is 65.6 Å². The Morgan fingerprint density at radius 3 is 2.07 bits per heavy atom. The van der Waals surface area contributed by atoms with Crippen LogP contribution in [-0.4, -0.2) is 14.3 Å². The van der Waals surface area contributed by atoms with Gasteiger partial charge in [-0.05, 0) is 92.1 Å². The van der Waals surface area contributed by atoms with E-state index in [4.69, 9.17) is 11.6 Å². The van der Waals surface area contributed by atoms with Gasteiger partial charge in [0.25, 0.3) is 15.9 Å². The number of carbonyl (C=O) groups is 1. The van der Waals surface area contributed by atoms with E-state index in [2.05, 4.69) is 10.0 Å². The third kappa shape index (κ3) is 5.16. The SMILES string of the molecule is Cc1cc(C)cc(NS(=O)(=O)c2ccc(NC(=O)c3ccc(Cl)cc3)c(C)c2)c1. The van der Waals surface area contributed by atoms with E-state index < -0.39 is 10.0 Å². The summed E-state index contributed by atoms with van der Waals surface area (Å²) in [6, 6.07) is 16.6. The zero-order valence-electron chi connectivity index (χ0n) is 16.3. The van der Waals surface area contributed by atoms with E-state index in [0.29, 0.717) is 27.5 Å². The molecular formula is C22H21ClN2O3S. The molecule has 0 spiro atoms. The second kappa shape index (κ2) is 8.27. The molecule has 0 saturated heterocycles. The molecule has 7 heteroatoms. The Bertz CT molecular complexity index is 1150. The third-order valence-corrected chi connectivity index (χ3v) is 5.97. The molecule has 5 nitrogen and oxygen atoms in total.